The zero-order valence-corrected chi connectivity index (χ0v) is 15.6. The molecule has 0 unspecified atom stereocenters. The molecular weight excluding hydrogens is 340 g/mol. The Hall–Kier alpha value is -2.82. The van der Waals surface area contributed by atoms with E-state index in [1.807, 2.05) is 71.3 Å². The van der Waals surface area contributed by atoms with Gasteiger partial charge in [0, 0.05) is 37.2 Å². The highest BCUT2D eigenvalue weighted by molar-refractivity contribution is 5.97. The van der Waals surface area contributed by atoms with Crippen LogP contribution in [0, 0.1) is 12.3 Å². The van der Waals surface area contributed by atoms with Gasteiger partial charge in [0.25, 0.3) is 5.91 Å². The summed E-state index contributed by atoms with van der Waals surface area (Å²) in [5.74, 6) is 0.832. The van der Waals surface area contributed by atoms with Gasteiger partial charge in [-0.25, -0.2) is 0 Å². The number of amides is 2. The van der Waals surface area contributed by atoms with Crippen LogP contribution in [0.4, 0.5) is 5.69 Å². The number of hydrogen-bond donors (Lipinski definition) is 0. The summed E-state index contributed by atoms with van der Waals surface area (Å²) in [5.41, 5.74) is 1.95. The highest BCUT2D eigenvalue weighted by atomic mass is 16.5. The topological polar surface area (TPSA) is 49.9 Å². The fourth-order valence-electron chi connectivity index (χ4n) is 4.16. The Kier molecular flexibility index (Phi) is 4.60. The molecule has 2 saturated heterocycles. The van der Waals surface area contributed by atoms with Crippen molar-refractivity contribution in [3.63, 3.8) is 0 Å². The molecule has 0 aliphatic carbocycles. The van der Waals surface area contributed by atoms with Crippen LogP contribution < -0.4 is 9.64 Å². The molecule has 1 atom stereocenters. The minimum absolute atomic E-state index is 0.0162. The summed E-state index contributed by atoms with van der Waals surface area (Å²) in [7, 11) is 0. The molecule has 2 aliphatic heterocycles. The lowest BCUT2D eigenvalue weighted by molar-refractivity contribution is -0.132. The number of anilines is 1. The summed E-state index contributed by atoms with van der Waals surface area (Å²) >= 11 is 0. The Morgan fingerprint density at radius 3 is 2.59 bits per heavy atom. The first-order chi connectivity index (χ1) is 13.1. The lowest BCUT2D eigenvalue weighted by atomic mass is 9.86. The van der Waals surface area contributed by atoms with Crippen molar-refractivity contribution in [2.75, 3.05) is 31.1 Å². The van der Waals surface area contributed by atoms with Crippen molar-refractivity contribution in [1.82, 2.24) is 4.90 Å². The lowest BCUT2D eigenvalue weighted by Crippen LogP contribution is -2.36. The van der Waals surface area contributed by atoms with Gasteiger partial charge in [0.05, 0.1) is 0 Å². The molecule has 0 bridgehead atoms. The zero-order chi connectivity index (χ0) is 18.9. The van der Waals surface area contributed by atoms with E-state index in [0.29, 0.717) is 31.8 Å². The summed E-state index contributed by atoms with van der Waals surface area (Å²) in [6, 6.07) is 17.3. The SMILES string of the molecule is Cc1ccccc1N1C[C@]2(CCN(C(=O)COc3ccccc3)C2)CC1=O. The third-order valence-corrected chi connectivity index (χ3v) is 5.62. The van der Waals surface area contributed by atoms with Gasteiger partial charge in [0.15, 0.2) is 6.61 Å². The first kappa shape index (κ1) is 17.6. The van der Waals surface area contributed by atoms with E-state index >= 15 is 0 Å². The van der Waals surface area contributed by atoms with E-state index in [4.69, 9.17) is 4.74 Å². The van der Waals surface area contributed by atoms with E-state index in [0.717, 1.165) is 17.7 Å². The molecule has 2 fully saturated rings. The smallest absolute Gasteiger partial charge is 0.260 e. The molecule has 0 radical (unpaired) electrons. The second-order valence-corrected chi connectivity index (χ2v) is 7.61. The van der Waals surface area contributed by atoms with Crippen molar-refractivity contribution in [3.05, 3.63) is 60.2 Å². The van der Waals surface area contributed by atoms with Crippen molar-refractivity contribution in [2.45, 2.75) is 19.8 Å². The first-order valence-corrected chi connectivity index (χ1v) is 9.38. The van der Waals surface area contributed by atoms with Gasteiger partial charge in [0.2, 0.25) is 5.91 Å². The molecule has 4 rings (SSSR count). The van der Waals surface area contributed by atoms with Gasteiger partial charge >= 0.3 is 0 Å². The predicted octanol–water partition coefficient (Wildman–Crippen LogP) is 3.03. The molecule has 0 saturated carbocycles. The van der Waals surface area contributed by atoms with Gasteiger partial charge in [-0.1, -0.05) is 36.4 Å². The van der Waals surface area contributed by atoms with E-state index in [9.17, 15) is 9.59 Å². The van der Waals surface area contributed by atoms with Crippen molar-refractivity contribution in [1.29, 1.82) is 0 Å². The van der Waals surface area contributed by atoms with Crippen molar-refractivity contribution >= 4 is 17.5 Å². The van der Waals surface area contributed by atoms with Crippen molar-refractivity contribution in [3.8, 4) is 5.75 Å². The van der Waals surface area contributed by atoms with Crippen LogP contribution in [0.25, 0.3) is 0 Å². The quantitative estimate of drug-likeness (QED) is 0.838. The molecule has 2 heterocycles. The normalized spacial score (nSPS) is 21.9. The number of carbonyl (C=O) groups is 2. The molecule has 5 nitrogen and oxygen atoms in total. The maximum absolute atomic E-state index is 12.7. The number of benzene rings is 2. The first-order valence-electron chi connectivity index (χ1n) is 9.38. The molecule has 2 aliphatic rings. The highest BCUT2D eigenvalue weighted by Crippen LogP contribution is 2.42. The van der Waals surface area contributed by atoms with Gasteiger partial charge in [-0.15, -0.1) is 0 Å². The van der Waals surface area contributed by atoms with E-state index < -0.39 is 0 Å². The van der Waals surface area contributed by atoms with Crippen molar-refractivity contribution < 1.29 is 14.3 Å². The second kappa shape index (κ2) is 7.06. The molecule has 5 heteroatoms. The zero-order valence-electron chi connectivity index (χ0n) is 15.6. The molecule has 0 aromatic heterocycles. The Labute approximate surface area is 159 Å². The Morgan fingerprint density at radius 2 is 1.81 bits per heavy atom. The molecule has 27 heavy (non-hydrogen) atoms. The summed E-state index contributed by atoms with van der Waals surface area (Å²) in [5, 5.41) is 0. The standard InChI is InChI=1S/C22H24N2O3/c1-17-7-5-6-10-19(17)24-16-22(13-20(24)25)11-12-23(15-22)21(26)14-27-18-8-3-2-4-9-18/h2-10H,11-16H2,1H3/t22-/m1/s1. The maximum Gasteiger partial charge on any atom is 0.260 e. The van der Waals surface area contributed by atoms with Crippen molar-refractivity contribution in [2.24, 2.45) is 5.41 Å². The van der Waals surface area contributed by atoms with Gasteiger partial charge in [-0.05, 0) is 37.1 Å². The van der Waals surface area contributed by atoms with Crippen LogP contribution in [0.2, 0.25) is 0 Å². The number of ether oxygens (including phenoxy) is 1. The van der Waals surface area contributed by atoms with Crippen LogP contribution >= 0.6 is 0 Å². The lowest BCUT2D eigenvalue weighted by Gasteiger charge is -2.25. The van der Waals surface area contributed by atoms with E-state index in [1.54, 1.807) is 0 Å². The van der Waals surface area contributed by atoms with Crippen LogP contribution in [0.3, 0.4) is 0 Å². The Balaban J connectivity index is 1.39. The van der Waals surface area contributed by atoms with Crippen LogP contribution in [0.1, 0.15) is 18.4 Å². The van der Waals surface area contributed by atoms with Crippen LogP contribution in [-0.4, -0.2) is 43.0 Å². The average Bonchev–Trinajstić information content (AvgIpc) is 3.24. The van der Waals surface area contributed by atoms with Gasteiger partial charge in [-0.2, -0.15) is 0 Å². The van der Waals surface area contributed by atoms with E-state index in [1.165, 1.54) is 0 Å². The summed E-state index contributed by atoms with van der Waals surface area (Å²) < 4.78 is 5.59. The molecule has 140 valence electrons. The largest absolute Gasteiger partial charge is 0.484 e. The maximum atomic E-state index is 12.7. The number of likely N-dealkylation sites (tertiary alicyclic amines) is 1. The Morgan fingerprint density at radius 1 is 1.07 bits per heavy atom. The number of aryl methyl sites for hydroxylation is 1. The van der Waals surface area contributed by atoms with Crippen LogP contribution in [-0.2, 0) is 9.59 Å². The molecule has 2 aromatic rings. The summed E-state index contributed by atoms with van der Waals surface area (Å²) in [6.07, 6.45) is 1.36. The number of nitrogens with zero attached hydrogens (tertiary/aromatic N) is 2. The van der Waals surface area contributed by atoms with Gasteiger partial charge < -0.3 is 14.5 Å². The van der Waals surface area contributed by atoms with Gasteiger partial charge in [-0.3, -0.25) is 9.59 Å². The molecular formula is C22H24N2O3. The fourth-order valence-corrected chi connectivity index (χ4v) is 4.16. The fraction of sp³-hybridized carbons (Fsp3) is 0.364. The van der Waals surface area contributed by atoms with E-state index in [-0.39, 0.29) is 23.8 Å². The van der Waals surface area contributed by atoms with Gasteiger partial charge in [0.1, 0.15) is 5.75 Å². The summed E-state index contributed by atoms with van der Waals surface area (Å²) in [4.78, 5) is 29.0. The number of rotatable bonds is 4. The third kappa shape index (κ3) is 3.54. The molecule has 2 aromatic carbocycles. The molecule has 1 spiro atoms. The van der Waals surface area contributed by atoms with E-state index in [2.05, 4.69) is 0 Å². The number of carbonyl (C=O) groups excluding carboxylic acids is 2. The molecule has 2 amide bonds. The monoisotopic (exact) mass is 364 g/mol. The second-order valence-electron chi connectivity index (χ2n) is 7.61. The highest BCUT2D eigenvalue weighted by Gasteiger charge is 2.48. The average molecular weight is 364 g/mol. The minimum atomic E-state index is -0.137. The molecule has 0 N–H and O–H groups in total. The number of para-hydroxylation sites is 2. The number of hydrogen-bond acceptors (Lipinski definition) is 3. The van der Waals surface area contributed by atoms with Crippen LogP contribution in [0.5, 0.6) is 5.75 Å². The summed E-state index contributed by atoms with van der Waals surface area (Å²) in [6.45, 7) is 4.05. The Bertz CT molecular complexity index is 852. The third-order valence-electron chi connectivity index (χ3n) is 5.62. The van der Waals surface area contributed by atoms with Crippen LogP contribution in [0.15, 0.2) is 54.6 Å². The predicted molar refractivity (Wildman–Crippen MR) is 104 cm³/mol. The minimum Gasteiger partial charge on any atom is -0.484 e.